The van der Waals surface area contributed by atoms with Gasteiger partial charge in [-0.15, -0.1) is 0 Å². The van der Waals surface area contributed by atoms with Gasteiger partial charge in [-0.05, 0) is 56.7 Å². The van der Waals surface area contributed by atoms with E-state index in [0.29, 0.717) is 11.4 Å². The number of anilines is 1. The fourth-order valence-corrected chi connectivity index (χ4v) is 4.05. The highest BCUT2D eigenvalue weighted by atomic mass is 32.2. The van der Waals surface area contributed by atoms with Crippen LogP contribution in [0.3, 0.4) is 0 Å². The van der Waals surface area contributed by atoms with Crippen molar-refractivity contribution < 1.29 is 17.6 Å². The van der Waals surface area contributed by atoms with Gasteiger partial charge in [-0.1, -0.05) is 35.4 Å². The fourth-order valence-electron chi connectivity index (χ4n) is 2.92. The van der Waals surface area contributed by atoms with E-state index in [9.17, 15) is 13.2 Å². The summed E-state index contributed by atoms with van der Waals surface area (Å²) in [7, 11) is -2.17. The number of nitrogens with zero attached hydrogens (tertiary/aromatic N) is 1. The van der Waals surface area contributed by atoms with Gasteiger partial charge < -0.3 is 9.73 Å². The molecule has 7 heteroatoms. The minimum Gasteiger partial charge on any atom is -0.455 e. The van der Waals surface area contributed by atoms with E-state index >= 15 is 0 Å². The van der Waals surface area contributed by atoms with Crippen LogP contribution in [-0.4, -0.2) is 25.7 Å². The highest BCUT2D eigenvalue weighted by molar-refractivity contribution is 7.89. The van der Waals surface area contributed by atoms with Crippen molar-refractivity contribution in [3.63, 3.8) is 0 Å². The lowest BCUT2D eigenvalue weighted by Crippen LogP contribution is -2.26. The summed E-state index contributed by atoms with van der Waals surface area (Å²) in [5.74, 6) is 0.127. The molecule has 29 heavy (non-hydrogen) atoms. The number of furan rings is 1. The van der Waals surface area contributed by atoms with Crippen molar-refractivity contribution in [1.29, 1.82) is 0 Å². The molecule has 0 saturated carbocycles. The minimum atomic E-state index is -3.65. The van der Waals surface area contributed by atoms with Crippen molar-refractivity contribution in [3.05, 3.63) is 82.8 Å². The molecule has 0 unspecified atom stereocenters. The van der Waals surface area contributed by atoms with Crippen molar-refractivity contribution in [2.45, 2.75) is 32.2 Å². The van der Waals surface area contributed by atoms with Crippen LogP contribution >= 0.6 is 0 Å². The number of carbonyl (C=O) groups is 1. The molecular formula is C22H24N2O4S. The largest absolute Gasteiger partial charge is 0.455 e. The summed E-state index contributed by atoms with van der Waals surface area (Å²) in [6.45, 7) is 5.82. The monoisotopic (exact) mass is 412 g/mol. The Hall–Kier alpha value is -2.90. The highest BCUT2D eigenvalue weighted by Gasteiger charge is 2.22. The van der Waals surface area contributed by atoms with Crippen LogP contribution in [-0.2, 0) is 16.6 Å². The van der Waals surface area contributed by atoms with Gasteiger partial charge in [-0.2, -0.15) is 4.31 Å². The van der Waals surface area contributed by atoms with Gasteiger partial charge in [0.15, 0.2) is 5.76 Å². The molecule has 0 aliphatic carbocycles. The van der Waals surface area contributed by atoms with Gasteiger partial charge in [0.05, 0.1) is 11.4 Å². The van der Waals surface area contributed by atoms with Gasteiger partial charge in [0, 0.05) is 12.7 Å². The second kappa shape index (κ2) is 8.23. The quantitative estimate of drug-likeness (QED) is 0.655. The zero-order valence-electron chi connectivity index (χ0n) is 16.9. The molecule has 0 spiro atoms. The second-order valence-electron chi connectivity index (χ2n) is 7.11. The fraction of sp³-hybridized carbons (Fsp3) is 0.227. The van der Waals surface area contributed by atoms with Crippen molar-refractivity contribution >= 4 is 21.6 Å². The van der Waals surface area contributed by atoms with Gasteiger partial charge >= 0.3 is 0 Å². The van der Waals surface area contributed by atoms with Crippen LogP contribution < -0.4 is 5.32 Å². The number of rotatable bonds is 6. The maximum atomic E-state index is 12.7. The Labute approximate surface area is 171 Å². The maximum Gasteiger partial charge on any atom is 0.291 e. The highest BCUT2D eigenvalue weighted by Crippen LogP contribution is 2.20. The molecule has 1 heterocycles. The molecule has 0 radical (unpaired) electrons. The molecule has 0 aliphatic heterocycles. The Kier molecular flexibility index (Phi) is 5.91. The van der Waals surface area contributed by atoms with Crippen LogP contribution in [0, 0.1) is 20.8 Å². The number of hydrogen-bond acceptors (Lipinski definition) is 4. The van der Waals surface area contributed by atoms with Gasteiger partial charge in [0.25, 0.3) is 5.91 Å². The van der Waals surface area contributed by atoms with Crippen molar-refractivity contribution in [3.8, 4) is 0 Å². The van der Waals surface area contributed by atoms with Crippen molar-refractivity contribution in [1.82, 2.24) is 4.31 Å². The number of carbonyl (C=O) groups excluding carboxylic acids is 1. The summed E-state index contributed by atoms with van der Waals surface area (Å²) < 4.78 is 32.2. The van der Waals surface area contributed by atoms with Gasteiger partial charge in [-0.3, -0.25) is 4.79 Å². The first-order valence-electron chi connectivity index (χ1n) is 9.17. The zero-order valence-corrected chi connectivity index (χ0v) is 17.7. The smallest absolute Gasteiger partial charge is 0.291 e. The van der Waals surface area contributed by atoms with Crippen LogP contribution in [0.15, 0.2) is 63.9 Å². The predicted molar refractivity (Wildman–Crippen MR) is 112 cm³/mol. The Morgan fingerprint density at radius 3 is 2.28 bits per heavy atom. The molecule has 0 atom stereocenters. The van der Waals surface area contributed by atoms with E-state index < -0.39 is 10.0 Å². The molecule has 1 amide bonds. The molecule has 0 saturated heterocycles. The predicted octanol–water partition coefficient (Wildman–Crippen LogP) is 4.28. The molecule has 1 aromatic heterocycles. The number of nitrogens with one attached hydrogen (secondary N) is 1. The summed E-state index contributed by atoms with van der Waals surface area (Å²) in [6.07, 6.45) is 0. The number of aryl methyl sites for hydroxylation is 3. The van der Waals surface area contributed by atoms with Crippen LogP contribution in [0.4, 0.5) is 5.69 Å². The van der Waals surface area contributed by atoms with E-state index in [2.05, 4.69) is 5.32 Å². The number of benzene rings is 2. The van der Waals surface area contributed by atoms with Crippen LogP contribution in [0.1, 0.15) is 33.0 Å². The van der Waals surface area contributed by atoms with E-state index in [4.69, 9.17) is 4.42 Å². The lowest BCUT2D eigenvalue weighted by atomic mass is 10.1. The minimum absolute atomic E-state index is 0.0209. The van der Waals surface area contributed by atoms with Crippen LogP contribution in [0.25, 0.3) is 0 Å². The molecule has 152 valence electrons. The average molecular weight is 413 g/mol. The van der Waals surface area contributed by atoms with Gasteiger partial charge in [0.1, 0.15) is 5.76 Å². The average Bonchev–Trinajstić information content (AvgIpc) is 3.13. The summed E-state index contributed by atoms with van der Waals surface area (Å²) in [5.41, 5.74) is 3.75. The first-order chi connectivity index (χ1) is 13.7. The van der Waals surface area contributed by atoms with E-state index in [1.807, 2.05) is 39.0 Å². The van der Waals surface area contributed by atoms with Crippen molar-refractivity contribution in [2.24, 2.45) is 0 Å². The topological polar surface area (TPSA) is 79.6 Å². The van der Waals surface area contributed by atoms with E-state index in [-0.39, 0.29) is 23.1 Å². The molecule has 0 bridgehead atoms. The van der Waals surface area contributed by atoms with E-state index in [1.54, 1.807) is 36.4 Å². The van der Waals surface area contributed by atoms with Crippen molar-refractivity contribution in [2.75, 3.05) is 12.4 Å². The van der Waals surface area contributed by atoms with Crippen LogP contribution in [0.5, 0.6) is 0 Å². The molecule has 0 aliphatic rings. The Balaban J connectivity index is 1.70. The molecule has 0 fully saturated rings. The first kappa shape index (κ1) is 20.8. The Morgan fingerprint density at radius 2 is 1.62 bits per heavy atom. The zero-order chi connectivity index (χ0) is 21.2. The maximum absolute atomic E-state index is 12.7. The molecule has 1 N–H and O–H groups in total. The summed E-state index contributed by atoms with van der Waals surface area (Å²) in [6, 6.07) is 15.5. The number of hydrogen-bond donors (Lipinski definition) is 1. The lowest BCUT2D eigenvalue weighted by Gasteiger charge is -2.16. The lowest BCUT2D eigenvalue weighted by molar-refractivity contribution is 0.0994. The standard InChI is InChI=1S/C22H24N2O4S/c1-15-5-9-19(10-6-15)29(26,27)24(4)14-18-8-12-21(28-18)22(25)23-20-11-7-16(2)13-17(20)3/h5-13H,14H2,1-4H3,(H,23,25). The van der Waals surface area contributed by atoms with E-state index in [1.165, 1.54) is 11.4 Å². The summed E-state index contributed by atoms with van der Waals surface area (Å²) >= 11 is 0. The second-order valence-corrected chi connectivity index (χ2v) is 9.16. The summed E-state index contributed by atoms with van der Waals surface area (Å²) in [4.78, 5) is 12.7. The number of sulfonamides is 1. The Bertz CT molecular complexity index is 1130. The first-order valence-corrected chi connectivity index (χ1v) is 10.6. The third-order valence-electron chi connectivity index (χ3n) is 4.62. The van der Waals surface area contributed by atoms with E-state index in [0.717, 1.165) is 16.7 Å². The molecule has 3 aromatic rings. The van der Waals surface area contributed by atoms with Gasteiger partial charge in [-0.25, -0.2) is 8.42 Å². The van der Waals surface area contributed by atoms with Crippen LogP contribution in [0.2, 0.25) is 0 Å². The normalized spacial score (nSPS) is 11.6. The Morgan fingerprint density at radius 1 is 0.966 bits per heavy atom. The third-order valence-corrected chi connectivity index (χ3v) is 6.44. The number of amides is 1. The molecular weight excluding hydrogens is 388 g/mol. The SMILES string of the molecule is Cc1ccc(S(=O)(=O)N(C)Cc2ccc(C(=O)Nc3ccc(C)cc3C)o2)cc1. The van der Waals surface area contributed by atoms with Gasteiger partial charge in [0.2, 0.25) is 10.0 Å². The molecule has 3 rings (SSSR count). The third kappa shape index (κ3) is 4.75. The molecule has 2 aromatic carbocycles. The summed E-state index contributed by atoms with van der Waals surface area (Å²) in [5, 5.41) is 2.82. The molecule has 6 nitrogen and oxygen atoms in total.